The summed E-state index contributed by atoms with van der Waals surface area (Å²) in [6.45, 7) is 8.55. The number of pyridine rings is 1. The van der Waals surface area contributed by atoms with Gasteiger partial charge < -0.3 is 34.2 Å². The molecule has 2 saturated heterocycles. The summed E-state index contributed by atoms with van der Waals surface area (Å²) in [4.78, 5) is 25.4. The number of rotatable bonds is 7. The van der Waals surface area contributed by atoms with Gasteiger partial charge in [0, 0.05) is 50.4 Å². The van der Waals surface area contributed by atoms with Crippen molar-refractivity contribution in [3.63, 3.8) is 0 Å². The average molecular weight is 533 g/mol. The number of anilines is 2. The van der Waals surface area contributed by atoms with Crippen LogP contribution in [0, 0.1) is 11.3 Å². The molecular formula is C29H36N6O4. The number of likely N-dealkylation sites (N-methyl/N-ethyl adjacent to an activating group) is 1. The Bertz CT molecular complexity index is 1280. The lowest BCUT2D eigenvalue weighted by molar-refractivity contribution is -0.126. The summed E-state index contributed by atoms with van der Waals surface area (Å²) in [5.74, 6) is 1.12. The molecule has 1 N–H and O–H groups in total. The van der Waals surface area contributed by atoms with Gasteiger partial charge in [0.1, 0.15) is 29.7 Å². The zero-order chi connectivity index (χ0) is 27.5. The highest BCUT2D eigenvalue weighted by Crippen LogP contribution is 2.40. The molecule has 10 nitrogen and oxygen atoms in total. The van der Waals surface area contributed by atoms with Gasteiger partial charge in [-0.2, -0.15) is 5.26 Å². The van der Waals surface area contributed by atoms with Crippen molar-refractivity contribution in [2.24, 2.45) is 0 Å². The Hall–Kier alpha value is -3.97. The molecule has 0 saturated carbocycles. The van der Waals surface area contributed by atoms with Crippen molar-refractivity contribution in [1.82, 2.24) is 14.8 Å². The van der Waals surface area contributed by atoms with Crippen LogP contribution in [-0.4, -0.2) is 91.9 Å². The Balaban J connectivity index is 1.50. The number of phenolic OH excluding ortho intramolecular Hbond substituents is 1. The fourth-order valence-electron chi connectivity index (χ4n) is 5.82. The maximum atomic E-state index is 12.2. The number of phenols is 1. The van der Waals surface area contributed by atoms with Gasteiger partial charge in [-0.25, -0.2) is 4.98 Å². The summed E-state index contributed by atoms with van der Waals surface area (Å²) in [6, 6.07) is 7.88. The van der Waals surface area contributed by atoms with Crippen LogP contribution < -0.4 is 19.3 Å². The molecule has 10 heteroatoms. The third kappa shape index (κ3) is 5.32. The summed E-state index contributed by atoms with van der Waals surface area (Å²) in [7, 11) is 3.70. The molecule has 1 atom stereocenters. The van der Waals surface area contributed by atoms with E-state index in [9.17, 15) is 15.2 Å². The van der Waals surface area contributed by atoms with Gasteiger partial charge >= 0.3 is 0 Å². The zero-order valence-electron chi connectivity index (χ0n) is 22.7. The van der Waals surface area contributed by atoms with Crippen LogP contribution >= 0.6 is 0 Å². The van der Waals surface area contributed by atoms with E-state index in [1.165, 1.54) is 6.08 Å². The summed E-state index contributed by atoms with van der Waals surface area (Å²) in [6.07, 6.45) is 4.18. The van der Waals surface area contributed by atoms with Crippen LogP contribution in [-0.2, 0) is 17.8 Å². The lowest BCUT2D eigenvalue weighted by Crippen LogP contribution is -2.49. The quantitative estimate of drug-likeness (QED) is 0.539. The van der Waals surface area contributed by atoms with Gasteiger partial charge in [-0.05, 0) is 51.1 Å². The topological polar surface area (TPSA) is 105 Å². The maximum absolute atomic E-state index is 12.2. The van der Waals surface area contributed by atoms with Gasteiger partial charge in [0.05, 0.1) is 30.7 Å². The molecule has 0 radical (unpaired) electrons. The van der Waals surface area contributed by atoms with E-state index in [0.717, 1.165) is 36.3 Å². The van der Waals surface area contributed by atoms with E-state index >= 15 is 0 Å². The molecule has 1 aromatic carbocycles. The number of aromatic nitrogens is 1. The van der Waals surface area contributed by atoms with Crippen LogP contribution in [0.2, 0.25) is 0 Å². The van der Waals surface area contributed by atoms with Crippen molar-refractivity contribution in [3.05, 3.63) is 47.7 Å². The number of hydrogen-bond acceptors (Lipinski definition) is 9. The third-order valence-corrected chi connectivity index (χ3v) is 8.09. The third-order valence-electron chi connectivity index (χ3n) is 8.09. The molecule has 39 heavy (non-hydrogen) atoms. The number of ether oxygens (including phenoxy) is 2. The first-order valence-electron chi connectivity index (χ1n) is 13.5. The molecule has 2 aromatic rings. The number of likely N-dealkylation sites (tertiary alicyclic amines) is 1. The fraction of sp³-hybridized carbons (Fsp3) is 0.483. The molecule has 1 amide bonds. The minimum Gasteiger partial charge on any atom is -0.506 e. The Morgan fingerprint density at radius 1 is 1.23 bits per heavy atom. The van der Waals surface area contributed by atoms with Crippen molar-refractivity contribution < 1.29 is 19.4 Å². The predicted molar refractivity (Wildman–Crippen MR) is 149 cm³/mol. The molecule has 2 fully saturated rings. The van der Waals surface area contributed by atoms with Crippen molar-refractivity contribution in [3.8, 4) is 23.4 Å². The summed E-state index contributed by atoms with van der Waals surface area (Å²) >= 11 is 0. The van der Waals surface area contributed by atoms with Crippen LogP contribution in [0.4, 0.5) is 11.4 Å². The number of carbonyl (C=O) groups excluding carboxylic acids is 1. The van der Waals surface area contributed by atoms with Crippen molar-refractivity contribution in [2.75, 3.05) is 69.8 Å². The highest BCUT2D eigenvalue weighted by molar-refractivity contribution is 5.87. The molecule has 0 bridgehead atoms. The smallest absolute Gasteiger partial charge is 0.246 e. The van der Waals surface area contributed by atoms with E-state index in [2.05, 4.69) is 34.4 Å². The van der Waals surface area contributed by atoms with Crippen molar-refractivity contribution >= 4 is 17.3 Å². The monoisotopic (exact) mass is 532 g/mol. The second kappa shape index (κ2) is 11.4. The van der Waals surface area contributed by atoms with Crippen LogP contribution in [0.5, 0.6) is 17.4 Å². The van der Waals surface area contributed by atoms with E-state index in [1.807, 2.05) is 6.07 Å². The van der Waals surface area contributed by atoms with E-state index in [1.54, 1.807) is 24.1 Å². The van der Waals surface area contributed by atoms with E-state index in [4.69, 9.17) is 14.5 Å². The molecular weight excluding hydrogens is 496 g/mol. The number of carbonyl (C=O) groups is 1. The number of hydrogen-bond donors (Lipinski definition) is 1. The van der Waals surface area contributed by atoms with Crippen molar-refractivity contribution in [2.45, 2.75) is 31.8 Å². The number of fused-ring (bicyclic) bond motifs is 1. The molecule has 4 heterocycles. The first-order chi connectivity index (χ1) is 18.9. The second-order valence-corrected chi connectivity index (χ2v) is 10.3. The molecule has 5 rings (SSSR count). The van der Waals surface area contributed by atoms with Gasteiger partial charge in [-0.3, -0.25) is 4.79 Å². The number of methoxy groups -OCH3 is 1. The lowest BCUT2D eigenvalue weighted by Gasteiger charge is -2.39. The Morgan fingerprint density at radius 2 is 2.03 bits per heavy atom. The lowest BCUT2D eigenvalue weighted by atomic mass is 9.97. The second-order valence-electron chi connectivity index (χ2n) is 10.3. The summed E-state index contributed by atoms with van der Waals surface area (Å²) in [5.41, 5.74) is 3.85. The first kappa shape index (κ1) is 26.6. The molecule has 0 unspecified atom stereocenters. The van der Waals surface area contributed by atoms with Crippen LogP contribution in [0.1, 0.15) is 29.7 Å². The molecule has 3 aliphatic rings. The minimum absolute atomic E-state index is 0.0784. The summed E-state index contributed by atoms with van der Waals surface area (Å²) in [5, 5.41) is 20.9. The number of amides is 1. The highest BCUT2D eigenvalue weighted by Gasteiger charge is 2.32. The van der Waals surface area contributed by atoms with Crippen LogP contribution in [0.15, 0.2) is 30.9 Å². The maximum Gasteiger partial charge on any atom is 0.246 e. The van der Waals surface area contributed by atoms with Gasteiger partial charge in [0.2, 0.25) is 11.8 Å². The van der Waals surface area contributed by atoms with Gasteiger partial charge in [-0.15, -0.1) is 0 Å². The molecule has 206 valence electrons. The van der Waals surface area contributed by atoms with Gasteiger partial charge in [-0.1, -0.05) is 6.58 Å². The Labute approximate surface area is 229 Å². The Morgan fingerprint density at radius 3 is 2.69 bits per heavy atom. The molecule has 1 aromatic heterocycles. The number of nitriles is 1. The van der Waals surface area contributed by atoms with E-state index in [-0.39, 0.29) is 17.7 Å². The summed E-state index contributed by atoms with van der Waals surface area (Å²) < 4.78 is 11.7. The molecule has 3 aliphatic heterocycles. The molecule has 0 aliphatic carbocycles. The molecule has 0 spiro atoms. The standard InChI is InChI=1S/C29H36N6O4/c1-4-27(37)33-12-14-34(15-13-33)28-22-9-11-35(25-16-21(38-3)7-8-26(25)36)18-24(22)31-29(23(28)17-30)39-19-20-6-5-10-32(20)2/h4,7-8,16,20,36H,1,5-6,9-15,18-19H2,2-3H3/t20-/m0/s1. The minimum atomic E-state index is -0.0784. The SMILES string of the molecule is C=CC(=O)N1CCN(c2c(C#N)c(OC[C@@H]3CCCN3C)nc3c2CCN(c2cc(OC)ccc2O)C3)CC1. The van der Waals surface area contributed by atoms with Crippen LogP contribution in [0.3, 0.4) is 0 Å². The van der Waals surface area contributed by atoms with E-state index in [0.29, 0.717) is 75.2 Å². The number of aromatic hydroxyl groups is 1. The average Bonchev–Trinajstić information content (AvgIpc) is 3.39. The fourth-order valence-corrected chi connectivity index (χ4v) is 5.82. The van der Waals surface area contributed by atoms with Gasteiger partial charge in [0.25, 0.3) is 0 Å². The normalized spacial score (nSPS) is 19.4. The largest absolute Gasteiger partial charge is 0.506 e. The Kier molecular flexibility index (Phi) is 7.79. The van der Waals surface area contributed by atoms with Crippen molar-refractivity contribution in [1.29, 1.82) is 5.26 Å². The number of benzene rings is 1. The number of piperazine rings is 1. The van der Waals surface area contributed by atoms with E-state index < -0.39 is 0 Å². The predicted octanol–water partition coefficient (Wildman–Crippen LogP) is 2.54. The highest BCUT2D eigenvalue weighted by atomic mass is 16.5. The zero-order valence-corrected chi connectivity index (χ0v) is 22.7. The first-order valence-corrected chi connectivity index (χ1v) is 13.5. The van der Waals surface area contributed by atoms with Crippen LogP contribution in [0.25, 0.3) is 0 Å². The van der Waals surface area contributed by atoms with Gasteiger partial charge in [0.15, 0.2) is 0 Å². The number of nitrogens with zero attached hydrogens (tertiary/aromatic N) is 6.